The second-order valence-electron chi connectivity index (χ2n) is 16.8. The fourth-order valence-electron chi connectivity index (χ4n) is 9.70. The van der Waals surface area contributed by atoms with Crippen LogP contribution in [-0.2, 0) is 0 Å². The van der Waals surface area contributed by atoms with Crippen molar-refractivity contribution >= 4 is 124 Å². The Balaban J connectivity index is 0.858. The smallest absolute Gasteiger partial charge is 0.139 e. The van der Waals surface area contributed by atoms with Crippen LogP contribution in [0.1, 0.15) is 0 Å². The fraction of sp³-hybridized carbons (Fsp3) is 0. The molecule has 0 amide bonds. The summed E-state index contributed by atoms with van der Waals surface area (Å²) in [6.45, 7) is 0. The number of fused-ring (bicyclic) bond motifs is 11. The van der Waals surface area contributed by atoms with E-state index >= 15 is 0 Å². The van der Waals surface area contributed by atoms with Crippen LogP contribution in [0.25, 0.3) is 118 Å². The Morgan fingerprint density at radius 2 is 0.879 bits per heavy atom. The molecule has 308 valence electrons. The number of para-hydroxylation sites is 1. The van der Waals surface area contributed by atoms with E-state index in [0.717, 1.165) is 104 Å². The van der Waals surface area contributed by atoms with E-state index in [2.05, 4.69) is 181 Å². The fourth-order valence-corrected chi connectivity index (χ4v) is 11.8. The summed E-state index contributed by atoms with van der Waals surface area (Å²) in [6.07, 6.45) is 1.83. The molecule has 0 saturated carbocycles. The minimum absolute atomic E-state index is 0.832. The molecule has 0 bridgehead atoms. The van der Waals surface area contributed by atoms with Crippen molar-refractivity contribution in [3.8, 4) is 33.8 Å². The van der Waals surface area contributed by atoms with Crippen molar-refractivity contribution in [3.63, 3.8) is 0 Å². The average molecular weight is 879 g/mol. The van der Waals surface area contributed by atoms with E-state index in [1.54, 1.807) is 22.7 Å². The summed E-state index contributed by atoms with van der Waals surface area (Å²) in [5.74, 6) is 0. The third-order valence-electron chi connectivity index (χ3n) is 12.9. The van der Waals surface area contributed by atoms with Gasteiger partial charge in [-0.2, -0.15) is 0 Å². The van der Waals surface area contributed by atoms with Crippen molar-refractivity contribution in [2.75, 3.05) is 4.90 Å². The van der Waals surface area contributed by atoms with Gasteiger partial charge < -0.3 is 9.32 Å². The Bertz CT molecular complexity index is 4060. The third-order valence-corrected chi connectivity index (χ3v) is 15.1. The summed E-state index contributed by atoms with van der Waals surface area (Å²) in [6, 6.07) is 71.5. The lowest BCUT2D eigenvalue weighted by atomic mass is 10.0. The van der Waals surface area contributed by atoms with Crippen molar-refractivity contribution < 1.29 is 4.42 Å². The first kappa shape index (κ1) is 37.2. The highest BCUT2D eigenvalue weighted by molar-refractivity contribution is 7.25. The standard InChI is InChI=1S/C59H34N4OS2/c1-4-10-52-49(9-1)56-53(64-52)29-30-60-57(56)35-17-21-42(22-18-35)63(43-23-19-36-31-40(15-13-38(36)33-43)50-27-25-47-45-7-2-5-11-54(45)65-58(47)61-50)44-24-20-37-32-41(16-14-39(37)34-44)51-28-26-48-46-8-3-6-12-55(46)66-59(48)62-51/h1-34H. The highest BCUT2D eigenvalue weighted by Gasteiger charge is 2.18. The Morgan fingerprint density at radius 3 is 1.48 bits per heavy atom. The van der Waals surface area contributed by atoms with Gasteiger partial charge in [0, 0.05) is 76.3 Å². The molecule has 7 heteroatoms. The molecule has 0 radical (unpaired) electrons. The molecule has 0 saturated heterocycles. The van der Waals surface area contributed by atoms with Gasteiger partial charge in [0.25, 0.3) is 0 Å². The topological polar surface area (TPSA) is 55.1 Å². The SMILES string of the molecule is c1ccc2c(c1)oc1ccnc(-c3ccc(N(c4ccc5cc(-c6ccc7c(n6)sc6ccccc67)ccc5c4)c4ccc5cc(-c6ccc7c(n6)sc6ccccc67)ccc5c4)cc3)c12. The van der Waals surface area contributed by atoms with Crippen LogP contribution >= 0.6 is 22.7 Å². The molecule has 0 aliphatic rings. The number of hydrogen-bond donors (Lipinski definition) is 0. The van der Waals surface area contributed by atoms with Crippen LogP contribution in [0, 0.1) is 0 Å². The van der Waals surface area contributed by atoms with E-state index in [1.807, 2.05) is 30.5 Å². The Hall–Kier alpha value is -8.23. The number of aromatic nitrogens is 3. The summed E-state index contributed by atoms with van der Waals surface area (Å²) in [4.78, 5) is 19.6. The molecule has 6 heterocycles. The number of rotatable bonds is 6. The van der Waals surface area contributed by atoms with Crippen LogP contribution in [0.5, 0.6) is 0 Å². The lowest BCUT2D eigenvalue weighted by Crippen LogP contribution is -2.10. The first-order chi connectivity index (χ1) is 32.6. The van der Waals surface area contributed by atoms with Crippen molar-refractivity contribution in [2.45, 2.75) is 0 Å². The highest BCUT2D eigenvalue weighted by atomic mass is 32.1. The van der Waals surface area contributed by atoms with Crippen LogP contribution in [0.4, 0.5) is 17.1 Å². The molecule has 0 atom stereocenters. The lowest BCUT2D eigenvalue weighted by molar-refractivity contribution is 0.668. The number of pyridine rings is 3. The predicted molar refractivity (Wildman–Crippen MR) is 279 cm³/mol. The maximum Gasteiger partial charge on any atom is 0.139 e. The van der Waals surface area contributed by atoms with Gasteiger partial charge >= 0.3 is 0 Å². The predicted octanol–water partition coefficient (Wildman–Crippen LogP) is 17.3. The van der Waals surface area contributed by atoms with Gasteiger partial charge in [-0.1, -0.05) is 103 Å². The number of thiophene rings is 2. The van der Waals surface area contributed by atoms with Gasteiger partial charge in [-0.25, -0.2) is 9.97 Å². The van der Waals surface area contributed by atoms with E-state index in [-0.39, 0.29) is 0 Å². The van der Waals surface area contributed by atoms with E-state index in [4.69, 9.17) is 19.4 Å². The number of anilines is 3. The Morgan fingerprint density at radius 1 is 0.379 bits per heavy atom. The number of hydrogen-bond acceptors (Lipinski definition) is 7. The van der Waals surface area contributed by atoms with Crippen molar-refractivity contribution in [2.24, 2.45) is 0 Å². The molecular weight excluding hydrogens is 845 g/mol. The molecule has 6 aromatic heterocycles. The molecule has 0 N–H and O–H groups in total. The Labute approximate surface area is 386 Å². The average Bonchev–Trinajstić information content (AvgIpc) is 4.07. The van der Waals surface area contributed by atoms with Crippen molar-refractivity contribution in [1.29, 1.82) is 0 Å². The van der Waals surface area contributed by atoms with Gasteiger partial charge in [-0.3, -0.25) is 4.98 Å². The van der Waals surface area contributed by atoms with Crippen molar-refractivity contribution in [3.05, 3.63) is 206 Å². The molecule has 0 fully saturated rings. The highest BCUT2D eigenvalue weighted by Crippen LogP contribution is 2.42. The molecule has 14 rings (SSSR count). The first-order valence-corrected chi connectivity index (χ1v) is 23.6. The monoisotopic (exact) mass is 878 g/mol. The summed E-state index contributed by atoms with van der Waals surface area (Å²) >= 11 is 3.50. The van der Waals surface area contributed by atoms with Crippen LogP contribution in [0.3, 0.4) is 0 Å². The second kappa shape index (κ2) is 14.7. The van der Waals surface area contributed by atoms with Crippen LogP contribution < -0.4 is 4.90 Å². The quantitative estimate of drug-likeness (QED) is 0.167. The van der Waals surface area contributed by atoms with Crippen molar-refractivity contribution in [1.82, 2.24) is 15.0 Å². The zero-order valence-corrected chi connectivity index (χ0v) is 36.8. The van der Waals surface area contributed by atoms with Gasteiger partial charge in [0.1, 0.15) is 20.8 Å². The molecule has 0 aliphatic carbocycles. The summed E-state index contributed by atoms with van der Waals surface area (Å²) in [5.41, 5.74) is 10.9. The molecule has 0 unspecified atom stereocenters. The maximum absolute atomic E-state index is 6.23. The van der Waals surface area contributed by atoms with Gasteiger partial charge in [-0.15, -0.1) is 22.7 Å². The molecule has 0 spiro atoms. The van der Waals surface area contributed by atoms with E-state index in [1.165, 1.54) is 30.9 Å². The Kier molecular flexibility index (Phi) is 8.25. The molecule has 66 heavy (non-hydrogen) atoms. The minimum atomic E-state index is 0.832. The second-order valence-corrected chi connectivity index (χ2v) is 18.9. The van der Waals surface area contributed by atoms with E-state index in [0.29, 0.717) is 0 Å². The van der Waals surface area contributed by atoms with Gasteiger partial charge in [0.15, 0.2) is 0 Å². The molecule has 14 aromatic rings. The van der Waals surface area contributed by atoms with E-state index < -0.39 is 0 Å². The van der Waals surface area contributed by atoms with Crippen LogP contribution in [0.15, 0.2) is 211 Å². The molecular formula is C59H34N4OS2. The summed E-state index contributed by atoms with van der Waals surface area (Å²) < 4.78 is 8.75. The van der Waals surface area contributed by atoms with Gasteiger partial charge in [0.05, 0.1) is 22.5 Å². The van der Waals surface area contributed by atoms with Crippen LogP contribution in [-0.4, -0.2) is 15.0 Å². The largest absolute Gasteiger partial charge is 0.456 e. The zero-order chi connectivity index (χ0) is 43.3. The van der Waals surface area contributed by atoms with Gasteiger partial charge in [0.2, 0.25) is 0 Å². The first-order valence-electron chi connectivity index (χ1n) is 22.0. The summed E-state index contributed by atoms with van der Waals surface area (Å²) in [7, 11) is 0. The van der Waals surface area contributed by atoms with E-state index in [9.17, 15) is 0 Å². The maximum atomic E-state index is 6.23. The number of furan rings is 1. The molecule has 5 nitrogen and oxygen atoms in total. The minimum Gasteiger partial charge on any atom is -0.456 e. The normalized spacial score (nSPS) is 11.9. The molecule has 0 aliphatic heterocycles. The third kappa shape index (κ3) is 6.02. The van der Waals surface area contributed by atoms with Gasteiger partial charge in [-0.05, 0) is 119 Å². The zero-order valence-electron chi connectivity index (χ0n) is 35.1. The van der Waals surface area contributed by atoms with Crippen LogP contribution in [0.2, 0.25) is 0 Å². The number of nitrogens with zero attached hydrogens (tertiary/aromatic N) is 4. The molecule has 8 aromatic carbocycles. The lowest BCUT2D eigenvalue weighted by Gasteiger charge is -2.26. The number of benzene rings is 8. The summed E-state index contributed by atoms with van der Waals surface area (Å²) in [5, 5.41) is 11.6.